The maximum atomic E-state index is 11.8. The van der Waals surface area contributed by atoms with Gasteiger partial charge in [-0.2, -0.15) is 0 Å². The van der Waals surface area contributed by atoms with Crippen LogP contribution < -0.4 is 5.73 Å². The van der Waals surface area contributed by atoms with E-state index in [4.69, 9.17) is 12.2 Å². The SMILES string of the molecule is C#CCCC(=O)N1CCCCC1CCN. The highest BCUT2D eigenvalue weighted by molar-refractivity contribution is 5.76. The largest absolute Gasteiger partial charge is 0.340 e. The molecule has 0 aromatic rings. The fourth-order valence-electron chi connectivity index (χ4n) is 2.14. The van der Waals surface area contributed by atoms with Gasteiger partial charge in [-0.1, -0.05) is 0 Å². The van der Waals surface area contributed by atoms with Gasteiger partial charge in [0, 0.05) is 25.4 Å². The first kappa shape index (κ1) is 12.1. The minimum atomic E-state index is 0.200. The van der Waals surface area contributed by atoms with Crippen molar-refractivity contribution in [3.8, 4) is 12.3 Å². The molecule has 3 heteroatoms. The summed E-state index contributed by atoms with van der Waals surface area (Å²) >= 11 is 0. The Morgan fingerprint density at radius 1 is 1.53 bits per heavy atom. The van der Waals surface area contributed by atoms with Gasteiger partial charge in [-0.15, -0.1) is 12.3 Å². The first-order chi connectivity index (χ1) is 7.29. The van der Waals surface area contributed by atoms with Gasteiger partial charge in [0.25, 0.3) is 0 Å². The number of nitrogens with zero attached hydrogens (tertiary/aromatic N) is 1. The van der Waals surface area contributed by atoms with E-state index in [1.165, 1.54) is 6.42 Å². The number of piperidine rings is 1. The number of hydrogen-bond acceptors (Lipinski definition) is 2. The van der Waals surface area contributed by atoms with E-state index in [0.29, 0.717) is 25.4 Å². The molecule has 84 valence electrons. The Bertz CT molecular complexity index is 242. The molecule has 2 N–H and O–H groups in total. The number of nitrogens with two attached hydrogens (primary N) is 1. The third kappa shape index (κ3) is 3.56. The minimum Gasteiger partial charge on any atom is -0.340 e. The van der Waals surface area contributed by atoms with Crippen LogP contribution in [0, 0.1) is 12.3 Å². The van der Waals surface area contributed by atoms with Gasteiger partial charge in [0.05, 0.1) is 0 Å². The van der Waals surface area contributed by atoms with Gasteiger partial charge < -0.3 is 10.6 Å². The summed E-state index contributed by atoms with van der Waals surface area (Å²) in [6.45, 7) is 1.54. The number of carbonyl (C=O) groups excluding carboxylic acids is 1. The molecular weight excluding hydrogens is 188 g/mol. The number of terminal acetylenes is 1. The standard InChI is InChI=1S/C12H20N2O/c1-2-3-7-12(15)14-10-5-4-6-11(14)8-9-13/h1,11H,3-10,13H2. The Balaban J connectivity index is 2.48. The third-order valence-electron chi connectivity index (χ3n) is 2.93. The molecule has 0 spiro atoms. The second-order valence-corrected chi connectivity index (χ2v) is 4.02. The predicted molar refractivity (Wildman–Crippen MR) is 61.1 cm³/mol. The van der Waals surface area contributed by atoms with Gasteiger partial charge in [0.2, 0.25) is 5.91 Å². The van der Waals surface area contributed by atoms with Crippen molar-refractivity contribution in [3.63, 3.8) is 0 Å². The normalized spacial score (nSPS) is 21.1. The van der Waals surface area contributed by atoms with Crippen molar-refractivity contribution in [2.45, 2.75) is 44.6 Å². The van der Waals surface area contributed by atoms with E-state index in [1.54, 1.807) is 0 Å². The first-order valence-corrected chi connectivity index (χ1v) is 5.72. The highest BCUT2D eigenvalue weighted by Gasteiger charge is 2.25. The van der Waals surface area contributed by atoms with Crippen LogP contribution in [0.25, 0.3) is 0 Å². The van der Waals surface area contributed by atoms with Crippen LogP contribution >= 0.6 is 0 Å². The van der Waals surface area contributed by atoms with Crippen molar-refractivity contribution in [1.82, 2.24) is 4.90 Å². The Morgan fingerprint density at radius 2 is 2.33 bits per heavy atom. The van der Waals surface area contributed by atoms with Gasteiger partial charge in [-0.05, 0) is 32.2 Å². The van der Waals surface area contributed by atoms with Crippen molar-refractivity contribution >= 4 is 5.91 Å². The number of hydrogen-bond donors (Lipinski definition) is 1. The van der Waals surface area contributed by atoms with Crippen LogP contribution in [-0.2, 0) is 4.79 Å². The molecule has 0 aromatic heterocycles. The van der Waals surface area contributed by atoms with Crippen LogP contribution in [0.15, 0.2) is 0 Å². The molecule has 0 radical (unpaired) electrons. The van der Waals surface area contributed by atoms with Crippen molar-refractivity contribution in [1.29, 1.82) is 0 Å². The molecule has 0 aliphatic carbocycles. The molecule has 1 rings (SSSR count). The lowest BCUT2D eigenvalue weighted by Crippen LogP contribution is -2.44. The highest BCUT2D eigenvalue weighted by atomic mass is 16.2. The maximum absolute atomic E-state index is 11.8. The molecule has 1 unspecified atom stereocenters. The molecule has 1 aliphatic rings. The van der Waals surface area contributed by atoms with Gasteiger partial charge in [-0.3, -0.25) is 4.79 Å². The Labute approximate surface area is 92.0 Å². The fourth-order valence-corrected chi connectivity index (χ4v) is 2.14. The molecule has 1 fully saturated rings. The smallest absolute Gasteiger partial charge is 0.223 e. The Kier molecular flexibility index (Phi) is 5.20. The zero-order chi connectivity index (χ0) is 11.1. The van der Waals surface area contributed by atoms with Gasteiger partial charge >= 0.3 is 0 Å². The number of carbonyl (C=O) groups is 1. The van der Waals surface area contributed by atoms with Crippen molar-refractivity contribution < 1.29 is 4.79 Å². The second kappa shape index (κ2) is 6.47. The molecule has 1 aliphatic heterocycles. The quantitative estimate of drug-likeness (QED) is 0.704. The zero-order valence-corrected chi connectivity index (χ0v) is 9.24. The molecule has 1 amide bonds. The molecule has 3 nitrogen and oxygen atoms in total. The van der Waals surface area contributed by atoms with Crippen molar-refractivity contribution in [3.05, 3.63) is 0 Å². The van der Waals surface area contributed by atoms with E-state index >= 15 is 0 Å². The monoisotopic (exact) mass is 208 g/mol. The van der Waals surface area contributed by atoms with E-state index < -0.39 is 0 Å². The predicted octanol–water partition coefficient (Wildman–Crippen LogP) is 1.13. The van der Waals surface area contributed by atoms with E-state index in [9.17, 15) is 4.79 Å². The summed E-state index contributed by atoms with van der Waals surface area (Å²) < 4.78 is 0. The molecule has 1 heterocycles. The van der Waals surface area contributed by atoms with Crippen LogP contribution in [0.2, 0.25) is 0 Å². The van der Waals surface area contributed by atoms with Gasteiger partial charge in [0.1, 0.15) is 0 Å². The molecule has 15 heavy (non-hydrogen) atoms. The van der Waals surface area contributed by atoms with Crippen molar-refractivity contribution in [2.75, 3.05) is 13.1 Å². The van der Waals surface area contributed by atoms with Crippen LogP contribution in [0.5, 0.6) is 0 Å². The topological polar surface area (TPSA) is 46.3 Å². The summed E-state index contributed by atoms with van der Waals surface area (Å²) in [6, 6.07) is 0.356. The van der Waals surface area contributed by atoms with E-state index in [-0.39, 0.29) is 5.91 Å². The summed E-state index contributed by atoms with van der Waals surface area (Å²) in [5.41, 5.74) is 5.55. The summed E-state index contributed by atoms with van der Waals surface area (Å²) in [5, 5.41) is 0. The minimum absolute atomic E-state index is 0.200. The summed E-state index contributed by atoms with van der Waals surface area (Å²) in [6.07, 6.45) is 10.5. The Morgan fingerprint density at radius 3 is 3.00 bits per heavy atom. The maximum Gasteiger partial charge on any atom is 0.223 e. The molecular formula is C12H20N2O. The summed E-state index contributed by atoms with van der Waals surface area (Å²) in [5.74, 6) is 2.71. The van der Waals surface area contributed by atoms with E-state index in [0.717, 1.165) is 25.8 Å². The fraction of sp³-hybridized carbons (Fsp3) is 0.750. The molecule has 0 aromatic carbocycles. The van der Waals surface area contributed by atoms with Gasteiger partial charge in [-0.25, -0.2) is 0 Å². The first-order valence-electron chi connectivity index (χ1n) is 5.72. The van der Waals surface area contributed by atoms with Crippen LogP contribution in [0.1, 0.15) is 38.5 Å². The van der Waals surface area contributed by atoms with Crippen LogP contribution in [-0.4, -0.2) is 29.9 Å². The number of rotatable bonds is 4. The highest BCUT2D eigenvalue weighted by Crippen LogP contribution is 2.20. The molecule has 0 saturated carbocycles. The molecule has 0 bridgehead atoms. The van der Waals surface area contributed by atoms with E-state index in [2.05, 4.69) is 5.92 Å². The lowest BCUT2D eigenvalue weighted by molar-refractivity contribution is -0.134. The molecule has 1 atom stereocenters. The lowest BCUT2D eigenvalue weighted by atomic mass is 9.99. The average molecular weight is 208 g/mol. The lowest BCUT2D eigenvalue weighted by Gasteiger charge is -2.35. The van der Waals surface area contributed by atoms with E-state index in [1.807, 2.05) is 4.90 Å². The summed E-state index contributed by atoms with van der Waals surface area (Å²) in [7, 11) is 0. The third-order valence-corrected chi connectivity index (χ3v) is 2.93. The Hall–Kier alpha value is -1.01. The van der Waals surface area contributed by atoms with Gasteiger partial charge in [0.15, 0.2) is 0 Å². The van der Waals surface area contributed by atoms with Crippen LogP contribution in [0.3, 0.4) is 0 Å². The zero-order valence-electron chi connectivity index (χ0n) is 9.24. The average Bonchev–Trinajstić information content (AvgIpc) is 2.27. The van der Waals surface area contributed by atoms with Crippen molar-refractivity contribution in [2.24, 2.45) is 5.73 Å². The number of likely N-dealkylation sites (tertiary alicyclic amines) is 1. The second-order valence-electron chi connectivity index (χ2n) is 4.02. The summed E-state index contributed by atoms with van der Waals surface area (Å²) in [4.78, 5) is 13.8. The van der Waals surface area contributed by atoms with Crippen LogP contribution in [0.4, 0.5) is 0 Å². The number of amides is 1. The molecule has 1 saturated heterocycles.